The van der Waals surface area contributed by atoms with E-state index in [2.05, 4.69) is 4.99 Å². The molecule has 7 heteroatoms. The van der Waals surface area contributed by atoms with E-state index in [9.17, 15) is 15.2 Å². The maximum absolute atomic E-state index is 11.8. The number of aryl methyl sites for hydroxylation is 1. The fraction of sp³-hybridized carbons (Fsp3) is 0.188. The summed E-state index contributed by atoms with van der Waals surface area (Å²) in [5.41, 5.74) is 1.38. The standard InChI is InChI=1S/C16H16N2O5/c1-10-6-15(22-2)16(23-3)8-13(10)17-9-11-7-12(18(20)21)4-5-14(11)19/h4-9,19H,1-3H3/p-1. The lowest BCUT2D eigenvalue weighted by molar-refractivity contribution is -0.385. The molecule has 2 aromatic carbocycles. The van der Waals surface area contributed by atoms with Gasteiger partial charge in [-0.25, -0.2) is 0 Å². The summed E-state index contributed by atoms with van der Waals surface area (Å²) in [6, 6.07) is 6.95. The number of nitro groups is 1. The summed E-state index contributed by atoms with van der Waals surface area (Å²) >= 11 is 0. The lowest BCUT2D eigenvalue weighted by Crippen LogP contribution is -1.98. The van der Waals surface area contributed by atoms with Crippen LogP contribution in [0.15, 0.2) is 35.3 Å². The van der Waals surface area contributed by atoms with Crippen LogP contribution in [0.3, 0.4) is 0 Å². The quantitative estimate of drug-likeness (QED) is 0.480. The first-order valence-corrected chi connectivity index (χ1v) is 6.68. The number of hydrogen-bond acceptors (Lipinski definition) is 6. The molecule has 0 aliphatic carbocycles. The van der Waals surface area contributed by atoms with Crippen LogP contribution in [-0.4, -0.2) is 25.4 Å². The van der Waals surface area contributed by atoms with E-state index in [1.54, 1.807) is 12.1 Å². The largest absolute Gasteiger partial charge is 0.872 e. The van der Waals surface area contributed by atoms with Gasteiger partial charge in [0.25, 0.3) is 5.69 Å². The molecule has 0 atom stereocenters. The molecule has 7 nitrogen and oxygen atoms in total. The Hall–Kier alpha value is -3.09. The summed E-state index contributed by atoms with van der Waals surface area (Å²) in [4.78, 5) is 14.5. The van der Waals surface area contributed by atoms with Crippen molar-refractivity contribution in [1.82, 2.24) is 0 Å². The minimum atomic E-state index is -0.557. The number of benzene rings is 2. The first kappa shape index (κ1) is 16.3. The van der Waals surface area contributed by atoms with Crippen molar-refractivity contribution in [3.63, 3.8) is 0 Å². The summed E-state index contributed by atoms with van der Waals surface area (Å²) in [6.45, 7) is 1.83. The van der Waals surface area contributed by atoms with Crippen molar-refractivity contribution in [2.75, 3.05) is 14.2 Å². The number of rotatable bonds is 5. The fourth-order valence-electron chi connectivity index (χ4n) is 2.00. The minimum absolute atomic E-state index is 0.147. The Kier molecular flexibility index (Phi) is 4.80. The Bertz CT molecular complexity index is 771. The zero-order chi connectivity index (χ0) is 17.0. The molecule has 0 spiro atoms. The molecule has 0 aliphatic rings. The highest BCUT2D eigenvalue weighted by Gasteiger charge is 2.08. The number of aliphatic imine (C=N–C) groups is 1. The van der Waals surface area contributed by atoms with E-state index in [-0.39, 0.29) is 17.0 Å². The van der Waals surface area contributed by atoms with E-state index >= 15 is 0 Å². The molecular weight excluding hydrogens is 300 g/mol. The van der Waals surface area contributed by atoms with Gasteiger partial charge in [0, 0.05) is 24.4 Å². The van der Waals surface area contributed by atoms with Crippen LogP contribution in [0.25, 0.3) is 0 Å². The average Bonchev–Trinajstić information content (AvgIpc) is 2.54. The molecular formula is C16H15N2O5-. The summed E-state index contributed by atoms with van der Waals surface area (Å²) in [6.07, 6.45) is 1.31. The Morgan fingerprint density at radius 2 is 1.78 bits per heavy atom. The predicted octanol–water partition coefficient (Wildman–Crippen LogP) is 2.74. The highest BCUT2D eigenvalue weighted by Crippen LogP contribution is 2.34. The topological polar surface area (TPSA) is 97.0 Å². The van der Waals surface area contributed by atoms with E-state index in [0.717, 1.165) is 11.6 Å². The second kappa shape index (κ2) is 6.78. The van der Waals surface area contributed by atoms with Crippen LogP contribution < -0.4 is 14.6 Å². The molecule has 0 amide bonds. The molecule has 120 valence electrons. The van der Waals surface area contributed by atoms with Crippen molar-refractivity contribution in [3.05, 3.63) is 51.6 Å². The highest BCUT2D eigenvalue weighted by molar-refractivity contribution is 5.86. The molecule has 23 heavy (non-hydrogen) atoms. The molecule has 0 N–H and O–H groups in total. The Labute approximate surface area is 133 Å². The first-order chi connectivity index (χ1) is 11.0. The van der Waals surface area contributed by atoms with Crippen LogP contribution in [0.4, 0.5) is 11.4 Å². The van der Waals surface area contributed by atoms with Crippen molar-refractivity contribution in [1.29, 1.82) is 0 Å². The summed E-state index contributed by atoms with van der Waals surface area (Å²) in [5, 5.41) is 22.5. The van der Waals surface area contributed by atoms with Gasteiger partial charge in [-0.2, -0.15) is 0 Å². The monoisotopic (exact) mass is 315 g/mol. The normalized spacial score (nSPS) is 10.7. The minimum Gasteiger partial charge on any atom is -0.872 e. The summed E-state index contributed by atoms with van der Waals surface area (Å²) in [7, 11) is 3.05. The molecule has 0 fully saturated rings. The number of methoxy groups -OCH3 is 2. The van der Waals surface area contributed by atoms with Gasteiger partial charge in [-0.1, -0.05) is 11.8 Å². The van der Waals surface area contributed by atoms with E-state index in [1.807, 2.05) is 6.92 Å². The lowest BCUT2D eigenvalue weighted by atomic mass is 10.1. The van der Waals surface area contributed by atoms with Crippen molar-refractivity contribution in [2.24, 2.45) is 4.99 Å². The van der Waals surface area contributed by atoms with Crippen LogP contribution in [0.2, 0.25) is 0 Å². The van der Waals surface area contributed by atoms with Crippen LogP contribution in [0.5, 0.6) is 17.2 Å². The molecule has 0 bridgehead atoms. The number of hydrogen-bond donors (Lipinski definition) is 0. The van der Waals surface area contributed by atoms with Crippen LogP contribution in [0.1, 0.15) is 11.1 Å². The smallest absolute Gasteiger partial charge is 0.270 e. The molecule has 2 rings (SSSR count). The van der Waals surface area contributed by atoms with Gasteiger partial charge in [0.1, 0.15) is 0 Å². The predicted molar refractivity (Wildman–Crippen MR) is 84.1 cm³/mol. The van der Waals surface area contributed by atoms with Crippen LogP contribution in [0, 0.1) is 17.0 Å². The fourth-order valence-corrected chi connectivity index (χ4v) is 2.00. The molecule has 2 aromatic rings. The van der Waals surface area contributed by atoms with Gasteiger partial charge in [0.15, 0.2) is 11.5 Å². The van der Waals surface area contributed by atoms with Gasteiger partial charge in [-0.05, 0) is 24.1 Å². The van der Waals surface area contributed by atoms with Gasteiger partial charge in [0.05, 0.1) is 24.8 Å². The van der Waals surface area contributed by atoms with Gasteiger partial charge < -0.3 is 14.6 Å². The second-order valence-electron chi connectivity index (χ2n) is 4.73. The van der Waals surface area contributed by atoms with Gasteiger partial charge in [-0.3, -0.25) is 15.1 Å². The van der Waals surface area contributed by atoms with Crippen molar-refractivity contribution in [3.8, 4) is 17.2 Å². The number of non-ortho nitro benzene ring substituents is 1. The Balaban J connectivity index is 2.41. The van der Waals surface area contributed by atoms with Gasteiger partial charge in [-0.15, -0.1) is 0 Å². The van der Waals surface area contributed by atoms with Crippen molar-refractivity contribution >= 4 is 17.6 Å². The second-order valence-corrected chi connectivity index (χ2v) is 4.73. The molecule has 0 saturated heterocycles. The molecule has 0 aliphatic heterocycles. The molecule has 0 heterocycles. The average molecular weight is 315 g/mol. The van der Waals surface area contributed by atoms with Crippen LogP contribution in [-0.2, 0) is 0 Å². The van der Waals surface area contributed by atoms with E-state index in [4.69, 9.17) is 9.47 Å². The van der Waals surface area contributed by atoms with E-state index in [1.165, 1.54) is 32.6 Å². The molecule has 0 aromatic heterocycles. The highest BCUT2D eigenvalue weighted by atomic mass is 16.6. The Morgan fingerprint density at radius 3 is 2.39 bits per heavy atom. The lowest BCUT2D eigenvalue weighted by Gasteiger charge is -2.11. The van der Waals surface area contributed by atoms with E-state index in [0.29, 0.717) is 17.2 Å². The van der Waals surface area contributed by atoms with Crippen molar-refractivity contribution in [2.45, 2.75) is 6.92 Å². The maximum Gasteiger partial charge on any atom is 0.270 e. The number of ether oxygens (including phenoxy) is 2. The molecule has 0 radical (unpaired) electrons. The van der Waals surface area contributed by atoms with Crippen molar-refractivity contribution < 1.29 is 19.5 Å². The van der Waals surface area contributed by atoms with Crippen LogP contribution >= 0.6 is 0 Å². The van der Waals surface area contributed by atoms with Gasteiger partial charge >= 0.3 is 0 Å². The molecule has 0 saturated carbocycles. The number of nitrogens with zero attached hydrogens (tertiary/aromatic N) is 2. The molecule has 0 unspecified atom stereocenters. The SMILES string of the molecule is COc1cc(C)c(N=Cc2cc([N+](=O)[O-])ccc2[O-])cc1OC. The zero-order valence-corrected chi connectivity index (χ0v) is 12.9. The first-order valence-electron chi connectivity index (χ1n) is 6.68. The number of nitro benzene ring substituents is 1. The summed E-state index contributed by atoms with van der Waals surface area (Å²) < 4.78 is 10.4. The van der Waals surface area contributed by atoms with Gasteiger partial charge in [0.2, 0.25) is 0 Å². The third-order valence-corrected chi connectivity index (χ3v) is 3.25. The zero-order valence-electron chi connectivity index (χ0n) is 12.9. The third-order valence-electron chi connectivity index (χ3n) is 3.25. The maximum atomic E-state index is 11.8. The van der Waals surface area contributed by atoms with E-state index < -0.39 is 4.92 Å². The third kappa shape index (κ3) is 3.57. The Morgan fingerprint density at radius 1 is 1.13 bits per heavy atom. The summed E-state index contributed by atoms with van der Waals surface area (Å²) in [5.74, 6) is 0.743.